The normalized spacial score (nSPS) is 28.7. The van der Waals surface area contributed by atoms with E-state index in [0.717, 1.165) is 0 Å². The summed E-state index contributed by atoms with van der Waals surface area (Å²) in [6, 6.07) is 0. The molecule has 0 radical (unpaired) electrons. The van der Waals surface area contributed by atoms with E-state index in [1.807, 2.05) is 0 Å². The first-order valence-electron chi connectivity index (χ1n) is 7.65. The number of phosphoric ester groups is 1. The molecule has 2 aromatic heterocycles. The lowest BCUT2D eigenvalue weighted by Crippen LogP contribution is -2.46. The molecular formula is C13H20N5O7P. The SMILES string of the molecule is CC1(C)[C@@H](COP(=O)(O)O)O[C@@H](n2cnc3c(=O)[nH]c(N)nc32)[C@]1(C)O. The number of anilines is 1. The molecule has 12 nitrogen and oxygen atoms in total. The number of aromatic amines is 1. The number of nitrogens with zero attached hydrogens (tertiary/aromatic N) is 3. The van der Waals surface area contributed by atoms with E-state index in [9.17, 15) is 14.5 Å². The minimum Gasteiger partial charge on any atom is -0.385 e. The number of ether oxygens (including phenoxy) is 1. The number of rotatable bonds is 4. The van der Waals surface area contributed by atoms with Crippen LogP contribution in [0, 0.1) is 5.41 Å². The first-order chi connectivity index (χ1) is 11.8. The van der Waals surface area contributed by atoms with Crippen LogP contribution in [0.15, 0.2) is 11.1 Å². The van der Waals surface area contributed by atoms with Crippen LogP contribution in [0.2, 0.25) is 0 Å². The van der Waals surface area contributed by atoms with Gasteiger partial charge >= 0.3 is 7.82 Å². The zero-order chi connectivity index (χ0) is 19.5. The molecule has 3 rings (SSSR count). The molecule has 0 bridgehead atoms. The summed E-state index contributed by atoms with van der Waals surface area (Å²) < 4.78 is 22.7. The monoisotopic (exact) mass is 389 g/mol. The van der Waals surface area contributed by atoms with E-state index in [1.165, 1.54) is 17.8 Å². The smallest absolute Gasteiger partial charge is 0.385 e. The van der Waals surface area contributed by atoms with Crippen molar-refractivity contribution in [2.24, 2.45) is 5.41 Å². The molecule has 0 saturated carbocycles. The molecule has 2 aromatic rings. The van der Waals surface area contributed by atoms with Crippen molar-refractivity contribution >= 4 is 24.9 Å². The van der Waals surface area contributed by atoms with Crippen molar-refractivity contribution in [2.45, 2.75) is 38.7 Å². The van der Waals surface area contributed by atoms with Crippen molar-refractivity contribution in [3.63, 3.8) is 0 Å². The van der Waals surface area contributed by atoms with Crippen molar-refractivity contribution in [1.82, 2.24) is 19.5 Å². The van der Waals surface area contributed by atoms with Crippen LogP contribution < -0.4 is 11.3 Å². The third kappa shape index (κ3) is 2.94. The van der Waals surface area contributed by atoms with Gasteiger partial charge in [0, 0.05) is 5.41 Å². The van der Waals surface area contributed by atoms with Gasteiger partial charge in [-0.15, -0.1) is 0 Å². The number of aromatic nitrogens is 4. The highest BCUT2D eigenvalue weighted by atomic mass is 31.2. The first kappa shape index (κ1) is 19.0. The zero-order valence-corrected chi connectivity index (χ0v) is 15.2. The largest absolute Gasteiger partial charge is 0.469 e. The third-order valence-corrected chi connectivity index (χ3v) is 5.47. The predicted molar refractivity (Wildman–Crippen MR) is 88.9 cm³/mol. The Morgan fingerprint density at radius 1 is 1.46 bits per heavy atom. The second-order valence-electron chi connectivity index (χ2n) is 6.91. The minimum absolute atomic E-state index is 0.0197. The van der Waals surface area contributed by atoms with Gasteiger partial charge in [0.05, 0.1) is 19.0 Å². The lowest BCUT2D eigenvalue weighted by atomic mass is 9.73. The van der Waals surface area contributed by atoms with E-state index in [4.69, 9.17) is 20.3 Å². The van der Waals surface area contributed by atoms with Gasteiger partial charge in [0.1, 0.15) is 5.60 Å². The van der Waals surface area contributed by atoms with Crippen LogP contribution in [-0.4, -0.2) is 52.7 Å². The van der Waals surface area contributed by atoms with Crippen molar-refractivity contribution < 1.29 is 28.7 Å². The molecule has 1 fully saturated rings. The van der Waals surface area contributed by atoms with Crippen molar-refractivity contribution in [3.05, 3.63) is 16.7 Å². The molecule has 1 aliphatic rings. The van der Waals surface area contributed by atoms with Crippen LogP contribution >= 0.6 is 7.82 Å². The summed E-state index contributed by atoms with van der Waals surface area (Å²) in [7, 11) is -4.70. The number of phosphoric acid groups is 1. The number of nitrogens with two attached hydrogens (primary N) is 1. The Morgan fingerprint density at radius 3 is 2.73 bits per heavy atom. The molecule has 6 N–H and O–H groups in total. The summed E-state index contributed by atoms with van der Waals surface area (Å²) in [5.74, 6) is -0.123. The van der Waals surface area contributed by atoms with E-state index in [1.54, 1.807) is 13.8 Å². The first-order valence-corrected chi connectivity index (χ1v) is 9.18. The average Bonchev–Trinajstić information content (AvgIpc) is 2.95. The maximum Gasteiger partial charge on any atom is 0.469 e. The molecule has 1 aliphatic heterocycles. The molecule has 3 atom stereocenters. The second-order valence-corrected chi connectivity index (χ2v) is 8.15. The van der Waals surface area contributed by atoms with Gasteiger partial charge < -0.3 is 25.4 Å². The average molecular weight is 389 g/mol. The molecule has 0 unspecified atom stereocenters. The highest BCUT2D eigenvalue weighted by Crippen LogP contribution is 2.52. The van der Waals surface area contributed by atoms with E-state index in [0.29, 0.717) is 0 Å². The second kappa shape index (κ2) is 5.84. The van der Waals surface area contributed by atoms with E-state index in [-0.39, 0.29) is 17.1 Å². The number of nitrogen functional groups attached to an aromatic ring is 1. The number of fused-ring (bicyclic) bond motifs is 1. The van der Waals surface area contributed by atoms with Crippen molar-refractivity contribution in [2.75, 3.05) is 12.3 Å². The number of imidazole rings is 1. The van der Waals surface area contributed by atoms with Gasteiger partial charge in [-0.25, -0.2) is 9.55 Å². The summed E-state index contributed by atoms with van der Waals surface area (Å²) in [6.07, 6.45) is -0.609. The van der Waals surface area contributed by atoms with Gasteiger partial charge in [0.15, 0.2) is 17.4 Å². The highest BCUT2D eigenvalue weighted by Gasteiger charge is 2.59. The topological polar surface area (TPSA) is 186 Å². The molecular weight excluding hydrogens is 369 g/mol. The van der Waals surface area contributed by atoms with Gasteiger partial charge in [-0.2, -0.15) is 4.98 Å². The number of aliphatic hydroxyl groups is 1. The van der Waals surface area contributed by atoms with E-state index in [2.05, 4.69) is 19.5 Å². The molecule has 3 heterocycles. The fraction of sp³-hybridized carbons (Fsp3) is 0.615. The molecule has 26 heavy (non-hydrogen) atoms. The van der Waals surface area contributed by atoms with Gasteiger partial charge in [-0.3, -0.25) is 18.9 Å². The lowest BCUT2D eigenvalue weighted by Gasteiger charge is -2.36. The minimum atomic E-state index is -4.70. The third-order valence-electron chi connectivity index (χ3n) is 4.98. The van der Waals surface area contributed by atoms with Crippen LogP contribution in [0.3, 0.4) is 0 Å². The molecule has 0 aliphatic carbocycles. The maximum absolute atomic E-state index is 11.9. The Labute approximate surface area is 147 Å². The number of hydrogen-bond donors (Lipinski definition) is 5. The Hall–Kier alpha value is -1.82. The Morgan fingerprint density at radius 2 is 2.12 bits per heavy atom. The molecule has 0 aromatic carbocycles. The Bertz CT molecular complexity index is 946. The number of H-pyrrole nitrogens is 1. The van der Waals surface area contributed by atoms with Crippen LogP contribution in [0.25, 0.3) is 11.2 Å². The van der Waals surface area contributed by atoms with Gasteiger partial charge in [0.2, 0.25) is 5.95 Å². The zero-order valence-electron chi connectivity index (χ0n) is 14.3. The molecule has 1 saturated heterocycles. The van der Waals surface area contributed by atoms with Crippen LogP contribution in [0.1, 0.15) is 27.0 Å². The van der Waals surface area contributed by atoms with Gasteiger partial charge in [-0.05, 0) is 6.92 Å². The maximum atomic E-state index is 11.9. The molecule has 0 spiro atoms. The summed E-state index contributed by atoms with van der Waals surface area (Å²) in [5.41, 5.74) is 2.70. The molecule has 0 amide bonds. The van der Waals surface area contributed by atoms with Gasteiger partial charge in [-0.1, -0.05) is 13.8 Å². The quantitative estimate of drug-likeness (QED) is 0.426. The summed E-state index contributed by atoms with van der Waals surface area (Å²) >= 11 is 0. The van der Waals surface area contributed by atoms with E-state index < -0.39 is 43.3 Å². The summed E-state index contributed by atoms with van der Waals surface area (Å²) in [6.45, 7) is 4.42. The van der Waals surface area contributed by atoms with Crippen LogP contribution in [0.4, 0.5) is 5.95 Å². The standard InChI is InChI=1S/C13H20N5O7P/c1-12(2)6(4-24-26(21,22)23)25-10(13(12,3)20)18-5-15-7-8(18)16-11(14)17-9(7)19/h5-6,10,20H,4H2,1-3H3,(H2,21,22,23)(H3,14,16,17,19)/t6-,10-,13+/m1/s1. The lowest BCUT2D eigenvalue weighted by molar-refractivity contribution is -0.0941. The van der Waals surface area contributed by atoms with Crippen molar-refractivity contribution in [1.29, 1.82) is 0 Å². The fourth-order valence-electron chi connectivity index (χ4n) is 2.97. The van der Waals surface area contributed by atoms with Crippen LogP contribution in [-0.2, 0) is 13.8 Å². The number of nitrogens with one attached hydrogen (secondary N) is 1. The molecule has 144 valence electrons. The van der Waals surface area contributed by atoms with E-state index >= 15 is 0 Å². The number of hydrogen-bond acceptors (Lipinski definition) is 8. The summed E-state index contributed by atoms with van der Waals surface area (Å²) in [5, 5.41) is 11.1. The highest BCUT2D eigenvalue weighted by molar-refractivity contribution is 7.46. The van der Waals surface area contributed by atoms with Crippen LogP contribution in [0.5, 0.6) is 0 Å². The molecule has 13 heteroatoms. The Balaban J connectivity index is 2.03. The van der Waals surface area contributed by atoms with Crippen molar-refractivity contribution in [3.8, 4) is 0 Å². The Kier molecular flexibility index (Phi) is 4.26. The van der Waals surface area contributed by atoms with Gasteiger partial charge in [0.25, 0.3) is 5.56 Å². The predicted octanol–water partition coefficient (Wildman–Crippen LogP) is -0.514. The fourth-order valence-corrected chi connectivity index (χ4v) is 3.30. The summed E-state index contributed by atoms with van der Waals surface area (Å²) in [4.78, 5) is 40.1.